The SMILES string of the molecule is CCOc1cc(C(=O)N[C@@H](Cc2ccccc2)[C@@H](O)CNCc2cccc(OC(F)(F)F)c2)cc(N2CCCC2=O)c1. The standard InChI is InChI=1S/C31H34F3N3O5/c1-2-41-26-17-23(16-24(18-26)37-13-7-12-29(37)39)30(40)36-27(15-21-8-4-3-5-9-21)28(38)20-35-19-22-10-6-11-25(14-22)42-31(32,33)34/h3-6,8-11,14,16-18,27-28,35,38H,2,7,12-13,15,19-20H2,1H3,(H,36,40)/t27-,28-/m0/s1. The first-order chi connectivity index (χ1) is 20.1. The Hall–Kier alpha value is -4.09. The minimum atomic E-state index is -4.79. The molecule has 1 fully saturated rings. The molecule has 0 spiro atoms. The Kier molecular flexibility index (Phi) is 10.4. The Morgan fingerprint density at radius 1 is 1.02 bits per heavy atom. The molecule has 2 amide bonds. The number of carbonyl (C=O) groups excluding carboxylic acids is 2. The van der Waals surface area contributed by atoms with Crippen molar-refractivity contribution in [1.29, 1.82) is 0 Å². The molecule has 224 valence electrons. The van der Waals surface area contributed by atoms with Gasteiger partial charge in [-0.1, -0.05) is 42.5 Å². The molecule has 0 bridgehead atoms. The van der Waals surface area contributed by atoms with E-state index >= 15 is 0 Å². The number of alkyl halides is 3. The van der Waals surface area contributed by atoms with Gasteiger partial charge < -0.3 is 30.1 Å². The van der Waals surface area contributed by atoms with E-state index in [1.807, 2.05) is 37.3 Å². The van der Waals surface area contributed by atoms with Crippen molar-refractivity contribution in [2.45, 2.75) is 51.2 Å². The summed E-state index contributed by atoms with van der Waals surface area (Å²) >= 11 is 0. The molecular formula is C31H34F3N3O5. The van der Waals surface area contributed by atoms with Crippen LogP contribution in [0.2, 0.25) is 0 Å². The fourth-order valence-electron chi connectivity index (χ4n) is 4.80. The van der Waals surface area contributed by atoms with Crippen molar-refractivity contribution in [2.24, 2.45) is 0 Å². The molecular weight excluding hydrogens is 551 g/mol. The van der Waals surface area contributed by atoms with Gasteiger partial charge in [-0.05, 0) is 55.2 Å². The number of rotatable bonds is 13. The number of amides is 2. The molecule has 11 heteroatoms. The number of aliphatic hydroxyl groups is 1. The summed E-state index contributed by atoms with van der Waals surface area (Å²) in [5, 5.41) is 17.1. The van der Waals surface area contributed by atoms with Crippen LogP contribution in [0.5, 0.6) is 11.5 Å². The van der Waals surface area contributed by atoms with E-state index < -0.39 is 24.4 Å². The first-order valence-electron chi connectivity index (χ1n) is 13.8. The average Bonchev–Trinajstić information content (AvgIpc) is 3.38. The number of carbonyl (C=O) groups is 2. The molecule has 4 rings (SSSR count). The molecule has 0 unspecified atom stereocenters. The number of anilines is 1. The van der Waals surface area contributed by atoms with Crippen LogP contribution in [0.25, 0.3) is 0 Å². The summed E-state index contributed by atoms with van der Waals surface area (Å²) in [7, 11) is 0. The second kappa shape index (κ2) is 14.2. The van der Waals surface area contributed by atoms with Crippen LogP contribution in [0.1, 0.15) is 41.3 Å². The fourth-order valence-corrected chi connectivity index (χ4v) is 4.80. The van der Waals surface area contributed by atoms with Crippen LogP contribution in [0.4, 0.5) is 18.9 Å². The molecule has 0 aromatic heterocycles. The predicted octanol–water partition coefficient (Wildman–Crippen LogP) is 4.60. The van der Waals surface area contributed by atoms with Crippen molar-refractivity contribution >= 4 is 17.5 Å². The predicted molar refractivity (Wildman–Crippen MR) is 151 cm³/mol. The van der Waals surface area contributed by atoms with Crippen LogP contribution in [0, 0.1) is 0 Å². The van der Waals surface area contributed by atoms with Crippen LogP contribution in [0.15, 0.2) is 72.8 Å². The molecule has 1 aliphatic heterocycles. The maximum atomic E-state index is 13.5. The van der Waals surface area contributed by atoms with Gasteiger partial charge in [0.2, 0.25) is 5.91 Å². The monoisotopic (exact) mass is 585 g/mol. The number of nitrogens with zero attached hydrogens (tertiary/aromatic N) is 1. The summed E-state index contributed by atoms with van der Waals surface area (Å²) in [4.78, 5) is 27.5. The van der Waals surface area contributed by atoms with Crippen LogP contribution >= 0.6 is 0 Å². The minimum absolute atomic E-state index is 0.0195. The lowest BCUT2D eigenvalue weighted by molar-refractivity contribution is -0.274. The summed E-state index contributed by atoms with van der Waals surface area (Å²) in [5.41, 5.74) is 2.29. The van der Waals surface area contributed by atoms with Gasteiger partial charge in [0.05, 0.1) is 18.8 Å². The summed E-state index contributed by atoms with van der Waals surface area (Å²) < 4.78 is 47.4. The van der Waals surface area contributed by atoms with E-state index in [1.165, 1.54) is 18.2 Å². The maximum Gasteiger partial charge on any atom is 0.573 e. The second-order valence-corrected chi connectivity index (χ2v) is 9.96. The molecule has 0 saturated carbocycles. The Morgan fingerprint density at radius 3 is 2.48 bits per heavy atom. The van der Waals surface area contributed by atoms with Crippen molar-refractivity contribution in [2.75, 3.05) is 24.6 Å². The van der Waals surface area contributed by atoms with E-state index in [0.29, 0.717) is 43.0 Å². The third-order valence-corrected chi connectivity index (χ3v) is 6.74. The van der Waals surface area contributed by atoms with Crippen molar-refractivity contribution < 1.29 is 37.3 Å². The molecule has 1 aliphatic rings. The Morgan fingerprint density at radius 2 is 1.79 bits per heavy atom. The maximum absolute atomic E-state index is 13.5. The molecule has 0 aliphatic carbocycles. The van der Waals surface area contributed by atoms with Crippen LogP contribution in [-0.4, -0.2) is 55.1 Å². The van der Waals surface area contributed by atoms with Crippen molar-refractivity contribution in [3.05, 3.63) is 89.5 Å². The van der Waals surface area contributed by atoms with Gasteiger partial charge in [0.15, 0.2) is 0 Å². The highest BCUT2D eigenvalue weighted by atomic mass is 19.4. The second-order valence-electron chi connectivity index (χ2n) is 9.96. The van der Waals surface area contributed by atoms with Crippen molar-refractivity contribution in [1.82, 2.24) is 10.6 Å². The number of nitrogens with one attached hydrogen (secondary N) is 2. The van der Waals surface area contributed by atoms with E-state index in [0.717, 1.165) is 12.0 Å². The number of ether oxygens (including phenoxy) is 2. The first-order valence-corrected chi connectivity index (χ1v) is 13.8. The zero-order chi connectivity index (χ0) is 30.1. The van der Waals surface area contributed by atoms with E-state index in [2.05, 4.69) is 15.4 Å². The topological polar surface area (TPSA) is 100 Å². The highest BCUT2D eigenvalue weighted by molar-refractivity contribution is 5.99. The van der Waals surface area contributed by atoms with Crippen molar-refractivity contribution in [3.8, 4) is 11.5 Å². The van der Waals surface area contributed by atoms with E-state index in [4.69, 9.17) is 4.74 Å². The number of benzene rings is 3. The Balaban J connectivity index is 1.47. The molecule has 3 N–H and O–H groups in total. The van der Waals surface area contributed by atoms with E-state index in [1.54, 1.807) is 29.2 Å². The number of aliphatic hydroxyl groups excluding tert-OH is 1. The van der Waals surface area contributed by atoms with E-state index in [9.17, 15) is 27.9 Å². The molecule has 1 saturated heterocycles. The number of hydrogen-bond donors (Lipinski definition) is 3. The molecule has 0 radical (unpaired) electrons. The molecule has 2 atom stereocenters. The largest absolute Gasteiger partial charge is 0.573 e. The lowest BCUT2D eigenvalue weighted by atomic mass is 10.00. The van der Waals surface area contributed by atoms with Gasteiger partial charge in [-0.15, -0.1) is 13.2 Å². The van der Waals surface area contributed by atoms with Gasteiger partial charge in [0.1, 0.15) is 11.5 Å². The third-order valence-electron chi connectivity index (χ3n) is 6.74. The zero-order valence-electron chi connectivity index (χ0n) is 23.2. The van der Waals surface area contributed by atoms with Gasteiger partial charge in [-0.3, -0.25) is 9.59 Å². The number of halogens is 3. The minimum Gasteiger partial charge on any atom is -0.494 e. The van der Waals surface area contributed by atoms with Crippen LogP contribution < -0.4 is 25.0 Å². The first kappa shape index (κ1) is 30.9. The molecule has 1 heterocycles. The van der Waals surface area contributed by atoms with Gasteiger partial charge in [0.25, 0.3) is 5.91 Å². The average molecular weight is 586 g/mol. The van der Waals surface area contributed by atoms with Gasteiger partial charge in [-0.2, -0.15) is 0 Å². The summed E-state index contributed by atoms with van der Waals surface area (Å²) in [5.74, 6) is -0.338. The van der Waals surface area contributed by atoms with Gasteiger partial charge >= 0.3 is 6.36 Å². The Labute approximate surface area is 242 Å². The molecule has 3 aromatic rings. The lowest BCUT2D eigenvalue weighted by Gasteiger charge is -2.25. The van der Waals surface area contributed by atoms with Gasteiger partial charge in [-0.25, -0.2) is 0 Å². The fraction of sp³-hybridized carbons (Fsp3) is 0.355. The molecule has 42 heavy (non-hydrogen) atoms. The summed E-state index contributed by atoms with van der Waals surface area (Å²) in [6, 6.07) is 19.2. The highest BCUT2D eigenvalue weighted by Gasteiger charge is 2.31. The van der Waals surface area contributed by atoms with Crippen LogP contribution in [0.3, 0.4) is 0 Å². The van der Waals surface area contributed by atoms with Crippen molar-refractivity contribution in [3.63, 3.8) is 0 Å². The van der Waals surface area contributed by atoms with Gasteiger partial charge in [0, 0.05) is 43.4 Å². The molecule has 8 nitrogen and oxygen atoms in total. The zero-order valence-corrected chi connectivity index (χ0v) is 23.2. The van der Waals surface area contributed by atoms with Crippen LogP contribution in [-0.2, 0) is 17.8 Å². The Bertz CT molecular complexity index is 1350. The lowest BCUT2D eigenvalue weighted by Crippen LogP contribution is -2.48. The normalized spacial score (nSPS) is 14.9. The quantitative estimate of drug-likeness (QED) is 0.271. The summed E-state index contributed by atoms with van der Waals surface area (Å²) in [6.07, 6.45) is -4.33. The number of hydrogen-bond acceptors (Lipinski definition) is 6. The summed E-state index contributed by atoms with van der Waals surface area (Å²) in [6.45, 7) is 2.98. The third kappa shape index (κ3) is 8.95. The molecule has 3 aromatic carbocycles. The highest BCUT2D eigenvalue weighted by Crippen LogP contribution is 2.28. The van der Waals surface area contributed by atoms with E-state index in [-0.39, 0.29) is 30.3 Å². The smallest absolute Gasteiger partial charge is 0.494 e.